The van der Waals surface area contributed by atoms with E-state index in [4.69, 9.17) is 0 Å². The number of rotatable bonds is 5. The van der Waals surface area contributed by atoms with Gasteiger partial charge in [0.1, 0.15) is 4.90 Å². The van der Waals surface area contributed by atoms with Crippen LogP contribution < -0.4 is 4.72 Å². The molecule has 0 aliphatic carbocycles. The lowest BCUT2D eigenvalue weighted by Crippen LogP contribution is -2.33. The largest absolute Gasteiger partial charge is 0.350 e. The second-order valence-electron chi connectivity index (χ2n) is 7.48. The van der Waals surface area contributed by atoms with Gasteiger partial charge in [0.15, 0.2) is 0 Å². The minimum absolute atomic E-state index is 0.0845. The van der Waals surface area contributed by atoms with Crippen molar-refractivity contribution in [3.05, 3.63) is 41.2 Å². The highest BCUT2D eigenvalue weighted by Gasteiger charge is 2.33. The second kappa shape index (κ2) is 8.83. The van der Waals surface area contributed by atoms with E-state index in [0.717, 1.165) is 30.6 Å². The summed E-state index contributed by atoms with van der Waals surface area (Å²) in [6, 6.07) is 7.26. The van der Waals surface area contributed by atoms with Crippen molar-refractivity contribution in [2.45, 2.75) is 49.3 Å². The van der Waals surface area contributed by atoms with Crippen LogP contribution in [-0.4, -0.2) is 43.1 Å². The molecule has 1 aliphatic heterocycles. The molecule has 2 aromatic rings. The molecule has 158 valence electrons. The van der Waals surface area contributed by atoms with Gasteiger partial charge in [0.25, 0.3) is 15.9 Å². The highest BCUT2D eigenvalue weighted by Crippen LogP contribution is 2.30. The Kier molecular flexibility index (Phi) is 6.63. The van der Waals surface area contributed by atoms with Gasteiger partial charge in [-0.1, -0.05) is 18.9 Å². The fourth-order valence-corrected chi connectivity index (χ4v) is 5.85. The number of hydrogen-bond acceptors (Lipinski definition) is 4. The Morgan fingerprint density at radius 2 is 1.72 bits per heavy atom. The summed E-state index contributed by atoms with van der Waals surface area (Å²) < 4.78 is 31.2. The minimum atomic E-state index is -3.92. The number of anilines is 1. The monoisotopic (exact) mass is 435 g/mol. The maximum atomic E-state index is 13.4. The summed E-state index contributed by atoms with van der Waals surface area (Å²) >= 11 is 1.54. The van der Waals surface area contributed by atoms with Gasteiger partial charge < -0.3 is 9.47 Å². The zero-order valence-electron chi connectivity index (χ0n) is 17.5. The average Bonchev–Trinajstić information content (AvgIpc) is 2.89. The maximum absolute atomic E-state index is 13.4. The molecule has 0 saturated carbocycles. The lowest BCUT2D eigenvalue weighted by atomic mass is 10.2. The zero-order valence-corrected chi connectivity index (χ0v) is 19.1. The number of amides is 1. The van der Waals surface area contributed by atoms with Crippen LogP contribution in [0.1, 0.15) is 47.4 Å². The van der Waals surface area contributed by atoms with Crippen LogP contribution in [0.2, 0.25) is 0 Å². The van der Waals surface area contributed by atoms with Gasteiger partial charge in [-0.25, -0.2) is 8.42 Å². The van der Waals surface area contributed by atoms with E-state index in [1.54, 1.807) is 42.4 Å². The zero-order chi connectivity index (χ0) is 21.2. The SMILES string of the molecule is CSc1cccc(NS(=O)(=O)c2c(C(=O)N3CCCCCC3)c(C)n(C)c2C)c1. The first kappa shape index (κ1) is 21.8. The van der Waals surface area contributed by atoms with E-state index in [0.29, 0.717) is 35.7 Å². The number of thioether (sulfide) groups is 1. The van der Waals surface area contributed by atoms with Crippen LogP contribution in [0.4, 0.5) is 5.69 Å². The lowest BCUT2D eigenvalue weighted by Gasteiger charge is -2.21. The molecule has 1 aromatic heterocycles. The molecular weight excluding hydrogens is 406 g/mol. The summed E-state index contributed by atoms with van der Waals surface area (Å²) in [5, 5.41) is 0. The third kappa shape index (κ3) is 4.48. The molecule has 1 aromatic carbocycles. The molecule has 6 nitrogen and oxygen atoms in total. The van der Waals surface area contributed by atoms with Gasteiger partial charge in [0, 0.05) is 42.1 Å². The Labute approximate surface area is 177 Å². The van der Waals surface area contributed by atoms with Crippen LogP contribution in [0.3, 0.4) is 0 Å². The number of aromatic nitrogens is 1. The van der Waals surface area contributed by atoms with Crippen molar-refractivity contribution < 1.29 is 13.2 Å². The number of nitrogens with one attached hydrogen (secondary N) is 1. The molecule has 8 heteroatoms. The molecule has 0 atom stereocenters. The molecule has 29 heavy (non-hydrogen) atoms. The number of nitrogens with zero attached hydrogens (tertiary/aromatic N) is 2. The average molecular weight is 436 g/mol. The molecule has 3 rings (SSSR count). The van der Waals surface area contributed by atoms with Crippen molar-refractivity contribution in [1.29, 1.82) is 0 Å². The standard InChI is InChI=1S/C21H29N3O3S2/c1-15-19(21(25)24-12-7-5-6-8-13-24)20(16(2)23(15)3)29(26,27)22-17-10-9-11-18(14-17)28-4/h9-11,14,22H,5-8,12-13H2,1-4H3. The van der Waals surface area contributed by atoms with Crippen molar-refractivity contribution in [3.8, 4) is 0 Å². The van der Waals surface area contributed by atoms with E-state index in [1.165, 1.54) is 0 Å². The Balaban J connectivity index is 2.03. The van der Waals surface area contributed by atoms with Gasteiger partial charge in [0.05, 0.1) is 5.56 Å². The molecule has 1 amide bonds. The third-order valence-corrected chi connectivity index (χ3v) is 7.89. The summed E-state index contributed by atoms with van der Waals surface area (Å²) in [6.07, 6.45) is 6.07. The number of sulfonamides is 1. The molecule has 0 spiro atoms. The Morgan fingerprint density at radius 3 is 2.34 bits per heavy atom. The first-order valence-electron chi connectivity index (χ1n) is 9.88. The van der Waals surface area contributed by atoms with Crippen molar-refractivity contribution in [2.24, 2.45) is 7.05 Å². The fraction of sp³-hybridized carbons (Fsp3) is 0.476. The van der Waals surface area contributed by atoms with Crippen molar-refractivity contribution >= 4 is 33.4 Å². The normalized spacial score (nSPS) is 15.2. The second-order valence-corrected chi connectivity index (χ2v) is 9.98. The Hall–Kier alpha value is -1.93. The summed E-state index contributed by atoms with van der Waals surface area (Å²) in [4.78, 5) is 16.2. The molecule has 1 fully saturated rings. The number of benzene rings is 1. The first-order chi connectivity index (χ1) is 13.8. The summed E-state index contributed by atoms with van der Waals surface area (Å²) in [7, 11) is -2.12. The highest BCUT2D eigenvalue weighted by molar-refractivity contribution is 7.98. The quantitative estimate of drug-likeness (QED) is 0.715. The number of carbonyl (C=O) groups is 1. The van der Waals surface area contributed by atoms with Gasteiger partial charge in [-0.3, -0.25) is 9.52 Å². The van der Waals surface area contributed by atoms with Gasteiger partial charge in [-0.05, 0) is 51.1 Å². The van der Waals surface area contributed by atoms with Crippen LogP contribution >= 0.6 is 11.8 Å². The molecule has 2 heterocycles. The lowest BCUT2D eigenvalue weighted by molar-refractivity contribution is 0.0757. The van der Waals surface area contributed by atoms with Gasteiger partial charge in [-0.2, -0.15) is 0 Å². The van der Waals surface area contributed by atoms with Crippen LogP contribution in [0.5, 0.6) is 0 Å². The van der Waals surface area contributed by atoms with E-state index in [9.17, 15) is 13.2 Å². The summed E-state index contributed by atoms with van der Waals surface area (Å²) in [6.45, 7) is 4.91. The molecule has 1 saturated heterocycles. The Bertz CT molecular complexity index is 1000. The molecule has 1 aliphatic rings. The van der Waals surface area contributed by atoms with E-state index in [2.05, 4.69) is 4.72 Å². The van der Waals surface area contributed by atoms with Crippen molar-refractivity contribution in [1.82, 2.24) is 9.47 Å². The highest BCUT2D eigenvalue weighted by atomic mass is 32.2. The van der Waals surface area contributed by atoms with E-state index >= 15 is 0 Å². The van der Waals surface area contributed by atoms with Crippen molar-refractivity contribution in [3.63, 3.8) is 0 Å². The van der Waals surface area contributed by atoms with Crippen molar-refractivity contribution in [2.75, 3.05) is 24.1 Å². The van der Waals surface area contributed by atoms with Crippen LogP contribution in [0.15, 0.2) is 34.1 Å². The van der Waals surface area contributed by atoms with Gasteiger partial charge in [-0.15, -0.1) is 11.8 Å². The van der Waals surface area contributed by atoms with Gasteiger partial charge in [0.2, 0.25) is 0 Å². The van der Waals surface area contributed by atoms with Crippen LogP contribution in [0, 0.1) is 13.8 Å². The first-order valence-corrected chi connectivity index (χ1v) is 12.6. The summed E-state index contributed by atoms with van der Waals surface area (Å²) in [5.74, 6) is -0.189. The van der Waals surface area contributed by atoms with Crippen LogP contribution in [0.25, 0.3) is 0 Å². The van der Waals surface area contributed by atoms with E-state index in [1.807, 2.05) is 30.2 Å². The number of likely N-dealkylation sites (tertiary alicyclic amines) is 1. The Morgan fingerprint density at radius 1 is 1.07 bits per heavy atom. The fourth-order valence-electron chi connectivity index (χ4n) is 3.82. The number of hydrogen-bond donors (Lipinski definition) is 1. The molecule has 0 unspecified atom stereocenters. The predicted molar refractivity (Wildman–Crippen MR) is 118 cm³/mol. The third-order valence-electron chi connectivity index (χ3n) is 5.62. The maximum Gasteiger partial charge on any atom is 0.264 e. The van der Waals surface area contributed by atoms with Crippen LogP contribution in [-0.2, 0) is 17.1 Å². The van der Waals surface area contributed by atoms with E-state index in [-0.39, 0.29) is 10.8 Å². The molecule has 0 radical (unpaired) electrons. The minimum Gasteiger partial charge on any atom is -0.350 e. The smallest absolute Gasteiger partial charge is 0.264 e. The van der Waals surface area contributed by atoms with Gasteiger partial charge >= 0.3 is 0 Å². The van der Waals surface area contributed by atoms with E-state index < -0.39 is 10.0 Å². The topological polar surface area (TPSA) is 71.4 Å². The molecular formula is C21H29N3O3S2. The molecule has 1 N–H and O–H groups in total. The summed E-state index contributed by atoms with van der Waals surface area (Å²) in [5.41, 5.74) is 2.02. The number of carbonyl (C=O) groups excluding carboxylic acids is 1. The predicted octanol–water partition coefficient (Wildman–Crippen LogP) is 4.18. The molecule has 0 bridgehead atoms.